The van der Waals surface area contributed by atoms with E-state index in [9.17, 15) is 23.3 Å². The zero-order valence-electron chi connectivity index (χ0n) is 7.41. The van der Waals surface area contributed by atoms with Gasteiger partial charge < -0.3 is 5.32 Å². The van der Waals surface area contributed by atoms with E-state index in [0.717, 1.165) is 12.1 Å². The van der Waals surface area contributed by atoms with Crippen LogP contribution in [0, 0.1) is 15.9 Å². The molecule has 0 fully saturated rings. The number of non-ortho nitro benzene ring substituents is 1. The van der Waals surface area contributed by atoms with Gasteiger partial charge >= 0.3 is 0 Å². The summed E-state index contributed by atoms with van der Waals surface area (Å²) in [6.07, 6.45) is -2.60. The molecule has 0 unspecified atom stereocenters. The van der Waals surface area contributed by atoms with Crippen LogP contribution in [0.25, 0.3) is 0 Å². The standard InChI is InChI=1S/C8H7F3N2O2/c9-5-1-6(12-4-8(10)11)3-7(2-5)13(14)15/h1-3,8,12H,4H2. The van der Waals surface area contributed by atoms with Crippen LogP contribution in [-0.4, -0.2) is 17.9 Å². The lowest BCUT2D eigenvalue weighted by molar-refractivity contribution is -0.385. The van der Waals surface area contributed by atoms with E-state index in [1.807, 2.05) is 0 Å². The Hall–Kier alpha value is -1.79. The first-order valence-electron chi connectivity index (χ1n) is 3.96. The predicted octanol–water partition coefficient (Wildman–Crippen LogP) is 2.41. The van der Waals surface area contributed by atoms with Gasteiger partial charge in [-0.05, 0) is 6.07 Å². The summed E-state index contributed by atoms with van der Waals surface area (Å²) in [6, 6.07) is 2.62. The number of nitro benzene ring substituents is 1. The maximum Gasteiger partial charge on any atom is 0.274 e. The van der Waals surface area contributed by atoms with Crippen molar-refractivity contribution in [2.75, 3.05) is 11.9 Å². The lowest BCUT2D eigenvalue weighted by Crippen LogP contribution is -2.10. The van der Waals surface area contributed by atoms with Crippen molar-refractivity contribution in [3.8, 4) is 0 Å². The van der Waals surface area contributed by atoms with E-state index in [4.69, 9.17) is 0 Å². The minimum atomic E-state index is -2.60. The van der Waals surface area contributed by atoms with E-state index < -0.39 is 29.4 Å². The van der Waals surface area contributed by atoms with Crippen LogP contribution in [0.1, 0.15) is 0 Å². The molecule has 82 valence electrons. The van der Waals surface area contributed by atoms with Gasteiger partial charge in [-0.15, -0.1) is 0 Å². The number of alkyl halides is 2. The molecule has 15 heavy (non-hydrogen) atoms. The zero-order chi connectivity index (χ0) is 11.4. The Bertz CT molecular complexity index is 371. The highest BCUT2D eigenvalue weighted by molar-refractivity contribution is 5.51. The van der Waals surface area contributed by atoms with Crippen LogP contribution in [0.15, 0.2) is 18.2 Å². The van der Waals surface area contributed by atoms with Crippen LogP contribution in [-0.2, 0) is 0 Å². The molecule has 0 bridgehead atoms. The van der Waals surface area contributed by atoms with Crippen molar-refractivity contribution >= 4 is 11.4 Å². The average Bonchev–Trinajstić information content (AvgIpc) is 2.13. The van der Waals surface area contributed by atoms with Crippen LogP contribution in [0.3, 0.4) is 0 Å². The Balaban J connectivity index is 2.84. The molecule has 1 aromatic rings. The monoisotopic (exact) mass is 220 g/mol. The predicted molar refractivity (Wildman–Crippen MR) is 47.5 cm³/mol. The molecular formula is C8H7F3N2O2. The number of nitro groups is 1. The highest BCUT2D eigenvalue weighted by atomic mass is 19.3. The second-order valence-corrected chi connectivity index (χ2v) is 2.73. The molecule has 0 aliphatic rings. The van der Waals surface area contributed by atoms with E-state index in [0.29, 0.717) is 6.07 Å². The van der Waals surface area contributed by atoms with E-state index in [2.05, 4.69) is 5.32 Å². The average molecular weight is 220 g/mol. The van der Waals surface area contributed by atoms with Gasteiger partial charge in [-0.1, -0.05) is 0 Å². The highest BCUT2D eigenvalue weighted by Crippen LogP contribution is 2.19. The summed E-state index contributed by atoms with van der Waals surface area (Å²) in [5, 5.41) is 12.5. The van der Waals surface area contributed by atoms with E-state index in [-0.39, 0.29) is 5.69 Å². The molecule has 0 saturated carbocycles. The van der Waals surface area contributed by atoms with Gasteiger partial charge in [0.2, 0.25) is 0 Å². The minimum Gasteiger partial charge on any atom is -0.379 e. The molecule has 0 spiro atoms. The molecule has 1 N–H and O–H groups in total. The SMILES string of the molecule is O=[N+]([O-])c1cc(F)cc(NCC(F)F)c1. The van der Waals surface area contributed by atoms with Gasteiger partial charge in [-0.2, -0.15) is 0 Å². The first kappa shape index (κ1) is 11.3. The number of halogens is 3. The van der Waals surface area contributed by atoms with Gasteiger partial charge in [-0.3, -0.25) is 10.1 Å². The second kappa shape index (κ2) is 4.63. The number of rotatable bonds is 4. The molecule has 7 heteroatoms. The first-order chi connectivity index (χ1) is 6.99. The van der Waals surface area contributed by atoms with Crippen molar-refractivity contribution in [3.63, 3.8) is 0 Å². The van der Waals surface area contributed by atoms with Crippen molar-refractivity contribution in [3.05, 3.63) is 34.1 Å². The van der Waals surface area contributed by atoms with Gasteiger partial charge in [0.1, 0.15) is 5.82 Å². The third-order valence-corrected chi connectivity index (χ3v) is 1.55. The third kappa shape index (κ3) is 3.45. The Morgan fingerprint density at radius 2 is 2.07 bits per heavy atom. The van der Waals surface area contributed by atoms with Crippen molar-refractivity contribution in [1.29, 1.82) is 0 Å². The second-order valence-electron chi connectivity index (χ2n) is 2.73. The van der Waals surface area contributed by atoms with E-state index in [1.54, 1.807) is 0 Å². The molecular weight excluding hydrogens is 213 g/mol. The smallest absolute Gasteiger partial charge is 0.274 e. The van der Waals surface area contributed by atoms with Crippen LogP contribution in [0.4, 0.5) is 24.5 Å². The fourth-order valence-electron chi connectivity index (χ4n) is 0.977. The molecule has 1 rings (SSSR count). The minimum absolute atomic E-state index is 0.0398. The van der Waals surface area contributed by atoms with Gasteiger partial charge in [0, 0.05) is 11.8 Å². The Kier molecular flexibility index (Phi) is 3.48. The fraction of sp³-hybridized carbons (Fsp3) is 0.250. The van der Waals surface area contributed by atoms with Crippen LogP contribution in [0.2, 0.25) is 0 Å². The summed E-state index contributed by atoms with van der Waals surface area (Å²) in [6.45, 7) is -0.680. The van der Waals surface area contributed by atoms with Gasteiger partial charge in [0.05, 0.1) is 17.5 Å². The molecule has 0 aliphatic heterocycles. The third-order valence-electron chi connectivity index (χ3n) is 1.55. The normalized spacial score (nSPS) is 10.4. The number of nitrogens with one attached hydrogen (secondary N) is 1. The topological polar surface area (TPSA) is 55.2 Å². The molecule has 0 radical (unpaired) electrons. The number of anilines is 1. The summed E-state index contributed by atoms with van der Waals surface area (Å²) in [4.78, 5) is 9.51. The summed E-state index contributed by atoms with van der Waals surface area (Å²) in [7, 11) is 0. The van der Waals surface area contributed by atoms with E-state index >= 15 is 0 Å². The lowest BCUT2D eigenvalue weighted by atomic mass is 10.2. The molecule has 0 atom stereocenters. The van der Waals surface area contributed by atoms with Gasteiger partial charge in [-0.25, -0.2) is 13.2 Å². The van der Waals surface area contributed by atoms with Crippen molar-refractivity contribution in [1.82, 2.24) is 0 Å². The molecule has 0 heterocycles. The number of nitrogens with zero attached hydrogens (tertiary/aromatic N) is 1. The molecule has 0 aromatic heterocycles. The van der Waals surface area contributed by atoms with Crippen molar-refractivity contribution < 1.29 is 18.1 Å². The van der Waals surface area contributed by atoms with Gasteiger partial charge in [0.25, 0.3) is 12.1 Å². The highest BCUT2D eigenvalue weighted by Gasteiger charge is 2.10. The van der Waals surface area contributed by atoms with Crippen molar-refractivity contribution in [2.24, 2.45) is 0 Å². The Labute approximate surface area is 82.9 Å². The Morgan fingerprint density at radius 3 is 2.60 bits per heavy atom. The largest absolute Gasteiger partial charge is 0.379 e. The summed E-state index contributed by atoms with van der Waals surface area (Å²) in [5.41, 5.74) is -0.520. The number of benzene rings is 1. The maximum absolute atomic E-state index is 12.8. The molecule has 1 aromatic carbocycles. The maximum atomic E-state index is 12.8. The fourth-order valence-corrected chi connectivity index (χ4v) is 0.977. The van der Waals surface area contributed by atoms with Crippen molar-refractivity contribution in [2.45, 2.75) is 6.43 Å². The summed E-state index contributed by atoms with van der Waals surface area (Å²) < 4.78 is 36.4. The van der Waals surface area contributed by atoms with Crippen LogP contribution >= 0.6 is 0 Å². The molecule has 0 saturated heterocycles. The molecule has 4 nitrogen and oxygen atoms in total. The molecule has 0 aliphatic carbocycles. The zero-order valence-corrected chi connectivity index (χ0v) is 7.41. The number of hydrogen-bond acceptors (Lipinski definition) is 3. The Morgan fingerprint density at radius 1 is 1.40 bits per heavy atom. The summed E-state index contributed by atoms with van der Waals surface area (Å²) >= 11 is 0. The van der Waals surface area contributed by atoms with E-state index in [1.165, 1.54) is 0 Å². The number of hydrogen-bond donors (Lipinski definition) is 1. The van der Waals surface area contributed by atoms with Crippen LogP contribution in [0.5, 0.6) is 0 Å². The molecule has 0 amide bonds. The lowest BCUT2D eigenvalue weighted by Gasteiger charge is -2.05. The quantitative estimate of drug-likeness (QED) is 0.626. The summed E-state index contributed by atoms with van der Waals surface area (Å²) in [5.74, 6) is -0.846. The van der Waals surface area contributed by atoms with Gasteiger partial charge in [0.15, 0.2) is 0 Å². The first-order valence-corrected chi connectivity index (χ1v) is 3.96. The van der Waals surface area contributed by atoms with Crippen LogP contribution < -0.4 is 5.32 Å².